The van der Waals surface area contributed by atoms with Gasteiger partial charge in [0, 0.05) is 16.0 Å². The summed E-state index contributed by atoms with van der Waals surface area (Å²) < 4.78 is 0. The molecule has 0 heterocycles. The Morgan fingerprint density at radius 2 is 1.57 bits per heavy atom. The number of carbonyl (C=O) groups excluding carboxylic acids is 1. The van der Waals surface area contributed by atoms with Crippen LogP contribution in [0, 0.1) is 11.3 Å². The molecule has 0 spiro atoms. The highest BCUT2D eigenvalue weighted by atomic mass is 35.5. The first-order valence-electron chi connectivity index (χ1n) is 8.42. The molecule has 0 radical (unpaired) electrons. The van der Waals surface area contributed by atoms with Crippen LogP contribution < -0.4 is 10.6 Å². The molecule has 3 aromatic rings. The second-order valence-electron chi connectivity index (χ2n) is 5.66. The number of rotatable bonds is 6. The number of hydrogen-bond donors (Lipinski definition) is 2. The van der Waals surface area contributed by atoms with E-state index in [2.05, 4.69) is 10.6 Å². The lowest BCUT2D eigenvalue weighted by atomic mass is 10.2. The molecule has 0 fully saturated rings. The van der Waals surface area contributed by atoms with Gasteiger partial charge in [0.1, 0.15) is 11.6 Å². The Morgan fingerprint density at radius 1 is 0.929 bits per heavy atom. The number of nitriles is 1. The summed E-state index contributed by atoms with van der Waals surface area (Å²) in [6, 6.07) is 26.3. The second-order valence-corrected chi connectivity index (χ2v) is 7.18. The van der Waals surface area contributed by atoms with Gasteiger partial charge in [-0.2, -0.15) is 5.26 Å². The number of halogens is 1. The molecule has 0 unspecified atom stereocenters. The van der Waals surface area contributed by atoms with Gasteiger partial charge in [-0.15, -0.1) is 0 Å². The lowest BCUT2D eigenvalue weighted by Gasteiger charge is -2.10. The quantitative estimate of drug-likeness (QED) is 0.393. The molecule has 0 aliphatic carbocycles. The molecular formula is C22H16ClN3OS. The lowest BCUT2D eigenvalue weighted by Crippen LogP contribution is -2.15. The number of carbonyl (C=O) groups is 1. The van der Waals surface area contributed by atoms with Crippen LogP contribution in [0.25, 0.3) is 0 Å². The van der Waals surface area contributed by atoms with Crippen LogP contribution >= 0.6 is 23.4 Å². The van der Waals surface area contributed by atoms with Crippen molar-refractivity contribution < 1.29 is 4.79 Å². The van der Waals surface area contributed by atoms with Crippen molar-refractivity contribution in [2.75, 3.05) is 10.6 Å². The normalized spacial score (nSPS) is 10.8. The molecule has 0 saturated heterocycles. The second kappa shape index (κ2) is 9.65. The van der Waals surface area contributed by atoms with E-state index >= 15 is 0 Å². The highest BCUT2D eigenvalue weighted by Crippen LogP contribution is 2.33. The van der Waals surface area contributed by atoms with E-state index < -0.39 is 5.91 Å². The van der Waals surface area contributed by atoms with E-state index in [1.54, 1.807) is 24.3 Å². The van der Waals surface area contributed by atoms with Crippen LogP contribution in [0.15, 0.2) is 100 Å². The van der Waals surface area contributed by atoms with Gasteiger partial charge in [-0.05, 0) is 36.4 Å². The Hall–Kier alpha value is -3.20. The predicted molar refractivity (Wildman–Crippen MR) is 114 cm³/mol. The average molecular weight is 406 g/mol. The number of nitrogens with one attached hydrogen (secondary N) is 2. The Bertz CT molecular complexity index is 1040. The molecule has 0 aliphatic heterocycles. The fourth-order valence-corrected chi connectivity index (χ4v) is 3.45. The summed E-state index contributed by atoms with van der Waals surface area (Å²) in [4.78, 5) is 14.5. The summed E-state index contributed by atoms with van der Waals surface area (Å²) in [6.07, 6.45) is 1.35. The molecular weight excluding hydrogens is 390 g/mol. The van der Waals surface area contributed by atoms with Crippen molar-refractivity contribution in [3.63, 3.8) is 0 Å². The van der Waals surface area contributed by atoms with Crippen molar-refractivity contribution in [1.29, 1.82) is 5.26 Å². The number of hydrogen-bond acceptors (Lipinski definition) is 4. The fraction of sp³-hybridized carbons (Fsp3) is 0. The van der Waals surface area contributed by atoms with Gasteiger partial charge in [-0.25, -0.2) is 0 Å². The van der Waals surface area contributed by atoms with Gasteiger partial charge >= 0.3 is 0 Å². The summed E-state index contributed by atoms with van der Waals surface area (Å²) in [5, 5.41) is 15.6. The molecule has 1 amide bonds. The zero-order valence-electron chi connectivity index (χ0n) is 14.7. The van der Waals surface area contributed by atoms with Gasteiger partial charge in [-0.3, -0.25) is 4.79 Å². The maximum absolute atomic E-state index is 12.6. The molecule has 0 atom stereocenters. The van der Waals surface area contributed by atoms with Crippen LogP contribution in [0.1, 0.15) is 0 Å². The highest BCUT2D eigenvalue weighted by Gasteiger charge is 2.12. The molecule has 6 heteroatoms. The smallest absolute Gasteiger partial charge is 0.267 e. The van der Waals surface area contributed by atoms with E-state index in [-0.39, 0.29) is 5.57 Å². The Labute approximate surface area is 172 Å². The van der Waals surface area contributed by atoms with Crippen molar-refractivity contribution in [2.24, 2.45) is 0 Å². The first kappa shape index (κ1) is 19.6. The maximum Gasteiger partial charge on any atom is 0.267 e. The third-order valence-corrected chi connectivity index (χ3v) is 5.13. The van der Waals surface area contributed by atoms with Gasteiger partial charge in [0.05, 0.1) is 16.4 Å². The first-order chi connectivity index (χ1) is 13.7. The Balaban J connectivity index is 1.75. The average Bonchev–Trinajstić information content (AvgIpc) is 2.72. The van der Waals surface area contributed by atoms with Crippen molar-refractivity contribution in [3.8, 4) is 6.07 Å². The van der Waals surface area contributed by atoms with Crippen LogP contribution in [-0.2, 0) is 4.79 Å². The standard InChI is InChI=1S/C22H16ClN3OS/c23-18-10-4-5-11-19(18)25-15-16(14-24)22(27)26-20-12-6-7-13-21(20)28-17-8-2-1-3-9-17/h1-13,15,25H,(H,26,27)/b16-15-. The highest BCUT2D eigenvalue weighted by molar-refractivity contribution is 7.99. The number of benzene rings is 3. The fourth-order valence-electron chi connectivity index (χ4n) is 2.34. The van der Waals surface area contributed by atoms with Crippen LogP contribution in [0.2, 0.25) is 5.02 Å². The lowest BCUT2D eigenvalue weighted by molar-refractivity contribution is -0.112. The predicted octanol–water partition coefficient (Wildman–Crippen LogP) is 5.95. The molecule has 0 aromatic heterocycles. The minimum atomic E-state index is -0.497. The number of anilines is 2. The molecule has 3 rings (SSSR count). The van der Waals surface area contributed by atoms with Crippen LogP contribution in [0.5, 0.6) is 0 Å². The van der Waals surface area contributed by atoms with Crippen LogP contribution in [0.3, 0.4) is 0 Å². The third kappa shape index (κ3) is 5.17. The number of amides is 1. The minimum Gasteiger partial charge on any atom is -0.359 e. The minimum absolute atomic E-state index is 0.0561. The molecule has 2 N–H and O–H groups in total. The topological polar surface area (TPSA) is 64.9 Å². The molecule has 138 valence electrons. The van der Waals surface area contributed by atoms with Crippen molar-refractivity contribution >= 4 is 40.6 Å². The molecule has 0 aliphatic rings. The largest absolute Gasteiger partial charge is 0.359 e. The van der Waals surface area contributed by atoms with Gasteiger partial charge in [0.2, 0.25) is 0 Å². The summed E-state index contributed by atoms with van der Waals surface area (Å²) in [5.74, 6) is -0.497. The zero-order valence-corrected chi connectivity index (χ0v) is 16.3. The SMILES string of the molecule is N#C/C(=C/Nc1ccccc1Cl)C(=O)Nc1ccccc1Sc1ccccc1. The van der Waals surface area contributed by atoms with Crippen molar-refractivity contribution in [3.05, 3.63) is 95.7 Å². The Morgan fingerprint density at radius 3 is 2.29 bits per heavy atom. The molecule has 0 bridgehead atoms. The monoisotopic (exact) mass is 405 g/mol. The summed E-state index contributed by atoms with van der Waals surface area (Å²) in [7, 11) is 0. The first-order valence-corrected chi connectivity index (χ1v) is 9.61. The van der Waals surface area contributed by atoms with E-state index in [1.165, 1.54) is 18.0 Å². The summed E-state index contributed by atoms with van der Waals surface area (Å²) in [5.41, 5.74) is 1.20. The summed E-state index contributed by atoms with van der Waals surface area (Å²) in [6.45, 7) is 0. The zero-order chi connectivity index (χ0) is 19.8. The van der Waals surface area contributed by atoms with E-state index in [9.17, 15) is 10.1 Å². The van der Waals surface area contributed by atoms with Gasteiger partial charge in [0.15, 0.2) is 0 Å². The number of para-hydroxylation sites is 2. The molecule has 3 aromatic carbocycles. The maximum atomic E-state index is 12.6. The van der Waals surface area contributed by atoms with Gasteiger partial charge < -0.3 is 10.6 Å². The van der Waals surface area contributed by atoms with Gasteiger partial charge in [-0.1, -0.05) is 65.8 Å². The van der Waals surface area contributed by atoms with E-state index in [0.29, 0.717) is 16.4 Å². The van der Waals surface area contributed by atoms with Crippen molar-refractivity contribution in [2.45, 2.75) is 9.79 Å². The number of nitrogens with zero attached hydrogens (tertiary/aromatic N) is 1. The van der Waals surface area contributed by atoms with E-state index in [1.807, 2.05) is 60.7 Å². The Kier molecular flexibility index (Phi) is 6.74. The molecule has 4 nitrogen and oxygen atoms in total. The molecule has 28 heavy (non-hydrogen) atoms. The van der Waals surface area contributed by atoms with Crippen LogP contribution in [0.4, 0.5) is 11.4 Å². The van der Waals surface area contributed by atoms with Crippen molar-refractivity contribution in [1.82, 2.24) is 0 Å². The van der Waals surface area contributed by atoms with E-state index in [4.69, 9.17) is 11.6 Å². The summed E-state index contributed by atoms with van der Waals surface area (Å²) >= 11 is 7.62. The molecule has 0 saturated carbocycles. The third-order valence-electron chi connectivity index (χ3n) is 3.72. The van der Waals surface area contributed by atoms with E-state index in [0.717, 1.165) is 9.79 Å². The van der Waals surface area contributed by atoms with Crippen LogP contribution in [-0.4, -0.2) is 5.91 Å². The van der Waals surface area contributed by atoms with Gasteiger partial charge in [0.25, 0.3) is 5.91 Å².